The Morgan fingerprint density at radius 1 is 1.26 bits per heavy atom. The Bertz CT molecular complexity index is 765. The molecular weight excluding hydrogens is 356 g/mol. The zero-order chi connectivity index (χ0) is 19.4. The van der Waals surface area contributed by atoms with Crippen molar-refractivity contribution in [1.82, 2.24) is 10.1 Å². The number of carbonyl (C=O) groups excluding carboxylic acids is 1. The Hall–Kier alpha value is -1.75. The fraction of sp³-hybridized carbons (Fsp3) is 0.545. The van der Waals surface area contributed by atoms with E-state index in [0.717, 1.165) is 65.1 Å². The van der Waals surface area contributed by atoms with Crippen molar-refractivity contribution in [2.75, 3.05) is 13.1 Å². The van der Waals surface area contributed by atoms with Gasteiger partial charge in [0.2, 0.25) is 0 Å². The van der Waals surface area contributed by atoms with E-state index in [1.165, 1.54) is 6.42 Å². The molecule has 5 heteroatoms. The Morgan fingerprint density at radius 3 is 2.74 bits per heavy atom. The van der Waals surface area contributed by atoms with Crippen LogP contribution in [0.25, 0.3) is 0 Å². The minimum absolute atomic E-state index is 0.168. The van der Waals surface area contributed by atoms with E-state index < -0.39 is 0 Å². The van der Waals surface area contributed by atoms with Crippen LogP contribution in [0.15, 0.2) is 33.7 Å². The van der Waals surface area contributed by atoms with Crippen molar-refractivity contribution < 1.29 is 9.32 Å². The van der Waals surface area contributed by atoms with Crippen LogP contribution >= 0.6 is 11.8 Å². The summed E-state index contributed by atoms with van der Waals surface area (Å²) < 4.78 is 5.26. The van der Waals surface area contributed by atoms with Crippen LogP contribution < -0.4 is 0 Å². The van der Waals surface area contributed by atoms with E-state index in [2.05, 4.69) is 23.9 Å². The quantitative estimate of drug-likeness (QED) is 0.638. The van der Waals surface area contributed by atoms with Crippen molar-refractivity contribution in [2.45, 2.75) is 57.6 Å². The summed E-state index contributed by atoms with van der Waals surface area (Å²) in [4.78, 5) is 16.3. The highest BCUT2D eigenvalue weighted by Gasteiger charge is 2.24. The van der Waals surface area contributed by atoms with Gasteiger partial charge in [0.25, 0.3) is 5.91 Å². The van der Waals surface area contributed by atoms with Gasteiger partial charge < -0.3 is 9.42 Å². The van der Waals surface area contributed by atoms with E-state index in [0.29, 0.717) is 5.92 Å². The normalized spacial score (nSPS) is 18.0. The molecule has 146 valence electrons. The standard InChI is InChI=1S/C22H30N2O2S/c1-15(2)18-8-7-12-24(13-11-18)22(25)19-9-5-6-10-21(19)27-14-20-16(3)23-26-17(20)4/h5-6,9-10,15,18H,7-8,11-14H2,1-4H3. The zero-order valence-electron chi connectivity index (χ0n) is 16.8. The molecule has 1 aliphatic heterocycles. The lowest BCUT2D eigenvalue weighted by atomic mass is 9.89. The fourth-order valence-corrected chi connectivity index (χ4v) is 4.99. The average molecular weight is 387 g/mol. The van der Waals surface area contributed by atoms with Gasteiger partial charge in [-0.1, -0.05) is 31.1 Å². The van der Waals surface area contributed by atoms with Gasteiger partial charge >= 0.3 is 0 Å². The molecule has 1 fully saturated rings. The molecule has 0 spiro atoms. The van der Waals surface area contributed by atoms with Crippen LogP contribution in [0, 0.1) is 25.7 Å². The summed E-state index contributed by atoms with van der Waals surface area (Å²) in [5, 5.41) is 4.03. The van der Waals surface area contributed by atoms with E-state index >= 15 is 0 Å². The van der Waals surface area contributed by atoms with Crippen molar-refractivity contribution in [3.63, 3.8) is 0 Å². The molecule has 0 N–H and O–H groups in total. The van der Waals surface area contributed by atoms with Crippen LogP contribution in [-0.4, -0.2) is 29.1 Å². The lowest BCUT2D eigenvalue weighted by Crippen LogP contribution is -2.32. The number of aromatic nitrogens is 1. The number of nitrogens with zero attached hydrogens (tertiary/aromatic N) is 2. The molecule has 3 rings (SSSR count). The first kappa shape index (κ1) is 20.0. The number of thioether (sulfide) groups is 1. The molecule has 1 saturated heterocycles. The van der Waals surface area contributed by atoms with Crippen molar-refractivity contribution in [3.8, 4) is 0 Å². The molecule has 0 aliphatic carbocycles. The van der Waals surface area contributed by atoms with E-state index in [1.807, 2.05) is 38.1 Å². The van der Waals surface area contributed by atoms with E-state index in [9.17, 15) is 4.79 Å². The Morgan fingerprint density at radius 2 is 2.04 bits per heavy atom. The first-order valence-electron chi connectivity index (χ1n) is 9.90. The number of likely N-dealkylation sites (tertiary alicyclic amines) is 1. The van der Waals surface area contributed by atoms with Gasteiger partial charge in [-0.15, -0.1) is 11.8 Å². The Kier molecular flexibility index (Phi) is 6.64. The third-order valence-corrected chi connectivity index (χ3v) is 6.77. The topological polar surface area (TPSA) is 46.3 Å². The summed E-state index contributed by atoms with van der Waals surface area (Å²) in [7, 11) is 0. The second-order valence-electron chi connectivity index (χ2n) is 7.81. The summed E-state index contributed by atoms with van der Waals surface area (Å²) in [6.07, 6.45) is 3.44. The molecule has 1 aromatic carbocycles. The van der Waals surface area contributed by atoms with Gasteiger partial charge in [0.1, 0.15) is 5.76 Å². The van der Waals surface area contributed by atoms with Gasteiger partial charge in [-0.05, 0) is 57.1 Å². The molecular formula is C22H30N2O2S. The van der Waals surface area contributed by atoms with Gasteiger partial charge in [-0.2, -0.15) is 0 Å². The van der Waals surface area contributed by atoms with Gasteiger partial charge in [0, 0.05) is 29.3 Å². The van der Waals surface area contributed by atoms with E-state index in [4.69, 9.17) is 4.52 Å². The number of carbonyl (C=O) groups is 1. The molecule has 1 aromatic heterocycles. The summed E-state index contributed by atoms with van der Waals surface area (Å²) in [5.74, 6) is 3.21. The van der Waals surface area contributed by atoms with Crippen LogP contribution in [0.2, 0.25) is 0 Å². The van der Waals surface area contributed by atoms with E-state index in [1.54, 1.807) is 11.8 Å². The zero-order valence-corrected chi connectivity index (χ0v) is 17.6. The SMILES string of the molecule is Cc1noc(C)c1CSc1ccccc1C(=O)N1CCCC(C(C)C)CC1. The highest BCUT2D eigenvalue weighted by atomic mass is 32.2. The third-order valence-electron chi connectivity index (χ3n) is 5.67. The maximum atomic E-state index is 13.2. The Labute approximate surface area is 166 Å². The number of rotatable bonds is 5. The third kappa shape index (κ3) is 4.75. The highest BCUT2D eigenvalue weighted by molar-refractivity contribution is 7.98. The average Bonchev–Trinajstić information content (AvgIpc) is 2.86. The van der Waals surface area contributed by atoms with Gasteiger partial charge in [0.05, 0.1) is 11.3 Å². The smallest absolute Gasteiger partial charge is 0.254 e. The van der Waals surface area contributed by atoms with Crippen LogP contribution in [0.1, 0.15) is 60.5 Å². The number of hydrogen-bond donors (Lipinski definition) is 0. The molecule has 27 heavy (non-hydrogen) atoms. The molecule has 1 aliphatic rings. The molecule has 0 bridgehead atoms. The van der Waals surface area contributed by atoms with Crippen molar-refractivity contribution in [3.05, 3.63) is 46.8 Å². The van der Waals surface area contributed by atoms with Gasteiger partial charge in [-0.25, -0.2) is 0 Å². The number of benzene rings is 1. The molecule has 2 aromatic rings. The first-order chi connectivity index (χ1) is 13.0. The predicted molar refractivity (Wildman–Crippen MR) is 110 cm³/mol. The van der Waals surface area contributed by atoms with Crippen LogP contribution in [0.4, 0.5) is 0 Å². The predicted octanol–water partition coefficient (Wildman–Crippen LogP) is 5.48. The van der Waals surface area contributed by atoms with E-state index in [-0.39, 0.29) is 5.91 Å². The second-order valence-corrected chi connectivity index (χ2v) is 8.83. The monoisotopic (exact) mass is 386 g/mol. The molecule has 1 amide bonds. The van der Waals surface area contributed by atoms with Gasteiger partial charge in [0.15, 0.2) is 0 Å². The summed E-state index contributed by atoms with van der Waals surface area (Å²) in [6, 6.07) is 7.97. The summed E-state index contributed by atoms with van der Waals surface area (Å²) in [5.41, 5.74) is 2.87. The number of amides is 1. The van der Waals surface area contributed by atoms with Crippen molar-refractivity contribution in [2.24, 2.45) is 11.8 Å². The first-order valence-corrected chi connectivity index (χ1v) is 10.9. The lowest BCUT2D eigenvalue weighted by molar-refractivity contribution is 0.0755. The van der Waals surface area contributed by atoms with Crippen molar-refractivity contribution >= 4 is 17.7 Å². The fourth-order valence-electron chi connectivity index (χ4n) is 3.79. The minimum Gasteiger partial charge on any atom is -0.361 e. The largest absolute Gasteiger partial charge is 0.361 e. The molecule has 2 heterocycles. The molecule has 0 saturated carbocycles. The van der Waals surface area contributed by atoms with Crippen LogP contribution in [0.5, 0.6) is 0 Å². The Balaban J connectivity index is 1.72. The molecule has 0 radical (unpaired) electrons. The lowest BCUT2D eigenvalue weighted by Gasteiger charge is -2.22. The second kappa shape index (κ2) is 8.96. The minimum atomic E-state index is 0.168. The van der Waals surface area contributed by atoms with Crippen LogP contribution in [0.3, 0.4) is 0 Å². The summed E-state index contributed by atoms with van der Waals surface area (Å²) >= 11 is 1.69. The van der Waals surface area contributed by atoms with Gasteiger partial charge in [-0.3, -0.25) is 4.79 Å². The number of aryl methyl sites for hydroxylation is 2. The highest BCUT2D eigenvalue weighted by Crippen LogP contribution is 2.31. The van der Waals surface area contributed by atoms with Crippen LogP contribution in [-0.2, 0) is 5.75 Å². The maximum Gasteiger partial charge on any atom is 0.254 e. The summed E-state index contributed by atoms with van der Waals surface area (Å²) in [6.45, 7) is 10.2. The molecule has 4 nitrogen and oxygen atoms in total. The molecule has 1 unspecified atom stereocenters. The molecule has 1 atom stereocenters. The number of hydrogen-bond acceptors (Lipinski definition) is 4. The maximum absolute atomic E-state index is 13.2. The van der Waals surface area contributed by atoms with Crippen molar-refractivity contribution in [1.29, 1.82) is 0 Å².